The van der Waals surface area contributed by atoms with Crippen molar-refractivity contribution in [3.8, 4) is 0 Å². The van der Waals surface area contributed by atoms with Crippen LogP contribution in [0.1, 0.15) is 87.5 Å². The quantitative estimate of drug-likeness (QED) is 0.384. The van der Waals surface area contributed by atoms with Crippen LogP contribution < -0.4 is 10.6 Å². The van der Waals surface area contributed by atoms with Crippen molar-refractivity contribution < 1.29 is 23.2 Å². The van der Waals surface area contributed by atoms with E-state index in [1.165, 1.54) is 17.8 Å². The molecule has 3 rings (SSSR count). The molecule has 0 radical (unpaired) electrons. The first-order valence-corrected chi connectivity index (χ1v) is 14.4. The summed E-state index contributed by atoms with van der Waals surface area (Å²) in [5.74, 6) is -2.84. The van der Waals surface area contributed by atoms with Gasteiger partial charge < -0.3 is 14.6 Å². The maximum Gasteiger partial charge on any atom is 0.276 e. The molecule has 0 bridgehead atoms. The molecule has 1 aliphatic carbocycles. The summed E-state index contributed by atoms with van der Waals surface area (Å²) in [4.78, 5) is 41.4. The third-order valence-electron chi connectivity index (χ3n) is 6.55. The number of amides is 3. The van der Waals surface area contributed by atoms with Crippen LogP contribution in [0.5, 0.6) is 0 Å². The minimum Gasteiger partial charge on any atom is -0.415 e. The number of carbonyl (C=O) groups excluding carboxylic acids is 3. The van der Waals surface area contributed by atoms with Gasteiger partial charge in [0.25, 0.3) is 11.1 Å². The lowest BCUT2D eigenvalue weighted by Crippen LogP contribution is -2.50. The van der Waals surface area contributed by atoms with E-state index in [1.807, 2.05) is 46.7 Å². The van der Waals surface area contributed by atoms with E-state index in [1.54, 1.807) is 12.1 Å². The molecule has 3 amide bonds. The Morgan fingerprint density at radius 3 is 2.49 bits per heavy atom. The van der Waals surface area contributed by atoms with Crippen molar-refractivity contribution in [2.24, 2.45) is 11.8 Å². The predicted molar refractivity (Wildman–Crippen MR) is 148 cm³/mol. The lowest BCUT2D eigenvalue weighted by atomic mass is 9.83. The Morgan fingerprint density at radius 1 is 1.13 bits per heavy atom. The van der Waals surface area contributed by atoms with E-state index in [9.17, 15) is 18.8 Å². The van der Waals surface area contributed by atoms with Gasteiger partial charge in [0.1, 0.15) is 11.7 Å². The highest BCUT2D eigenvalue weighted by Crippen LogP contribution is 2.29. The summed E-state index contributed by atoms with van der Waals surface area (Å²) in [5, 5.41) is 14.2. The number of hydrogen-bond acceptors (Lipinski definition) is 8. The topological polar surface area (TPSA) is 117 Å². The molecule has 0 spiro atoms. The van der Waals surface area contributed by atoms with Crippen LogP contribution in [-0.2, 0) is 16.1 Å². The summed E-state index contributed by atoms with van der Waals surface area (Å²) in [6.45, 7) is 8.38. The summed E-state index contributed by atoms with van der Waals surface area (Å²) in [6.07, 6.45) is 3.21. The van der Waals surface area contributed by atoms with Crippen molar-refractivity contribution in [3.63, 3.8) is 0 Å². The minimum atomic E-state index is -0.761. The summed E-state index contributed by atoms with van der Waals surface area (Å²) in [7, 11) is 3.69. The van der Waals surface area contributed by atoms with Crippen molar-refractivity contribution in [3.05, 3.63) is 41.0 Å². The van der Waals surface area contributed by atoms with Crippen molar-refractivity contribution >= 4 is 29.5 Å². The number of rotatable bonds is 11. The van der Waals surface area contributed by atoms with Gasteiger partial charge in [-0.25, -0.2) is 4.39 Å². The molecule has 1 aromatic carbocycles. The van der Waals surface area contributed by atoms with Crippen molar-refractivity contribution in [1.29, 1.82) is 0 Å². The standard InChI is InChI=1S/C28H40FN5O4S/c1-16(2)13-21(27-32-33-28(38-27)39-17(3)4)26(37)31-25(36)20-9-7-8-10-23(20)30-24(35)18-11-12-19(15-34(5)6)22(29)14-18/h11-12,14,16-17,20-21,23H,7-10,13,15H2,1-6H3,(H,30,35)(H,31,36,37)/t20-,21?,23+/m1/s1. The number of thioether (sulfide) groups is 1. The van der Waals surface area contributed by atoms with Gasteiger partial charge in [-0.15, -0.1) is 10.2 Å². The van der Waals surface area contributed by atoms with E-state index in [0.29, 0.717) is 36.6 Å². The van der Waals surface area contributed by atoms with Crippen LogP contribution >= 0.6 is 11.8 Å². The molecule has 39 heavy (non-hydrogen) atoms. The average molecular weight is 562 g/mol. The Hall–Kier alpha value is -2.79. The van der Waals surface area contributed by atoms with E-state index in [0.717, 1.165) is 12.8 Å². The Balaban J connectivity index is 1.69. The number of aromatic nitrogens is 2. The fourth-order valence-corrected chi connectivity index (χ4v) is 5.35. The highest BCUT2D eigenvalue weighted by molar-refractivity contribution is 7.99. The zero-order valence-electron chi connectivity index (χ0n) is 23.6. The van der Waals surface area contributed by atoms with Gasteiger partial charge in [0, 0.05) is 29.0 Å². The first-order chi connectivity index (χ1) is 18.4. The molecule has 1 fully saturated rings. The molecule has 1 saturated carbocycles. The number of imide groups is 1. The molecule has 3 atom stereocenters. The second-order valence-corrected chi connectivity index (χ2v) is 12.7. The van der Waals surface area contributed by atoms with Crippen molar-refractivity contribution in [1.82, 2.24) is 25.7 Å². The third kappa shape index (κ3) is 8.86. The lowest BCUT2D eigenvalue weighted by molar-refractivity contribution is -0.135. The minimum absolute atomic E-state index is 0.148. The largest absolute Gasteiger partial charge is 0.415 e. The van der Waals surface area contributed by atoms with Crippen LogP contribution in [0.25, 0.3) is 0 Å². The van der Waals surface area contributed by atoms with Crippen molar-refractivity contribution in [2.75, 3.05) is 14.1 Å². The normalized spacial score (nSPS) is 18.4. The van der Waals surface area contributed by atoms with E-state index >= 15 is 0 Å². The monoisotopic (exact) mass is 561 g/mol. The first kappa shape index (κ1) is 30.7. The molecule has 214 valence electrons. The summed E-state index contributed by atoms with van der Waals surface area (Å²) >= 11 is 1.41. The van der Waals surface area contributed by atoms with Crippen LogP contribution in [-0.4, -0.2) is 58.2 Å². The Bertz CT molecular complexity index is 1150. The second-order valence-electron chi connectivity index (χ2n) is 11.1. The molecule has 9 nitrogen and oxygen atoms in total. The Labute approximate surface area is 234 Å². The van der Waals surface area contributed by atoms with Gasteiger partial charge in [0.05, 0.1) is 5.92 Å². The van der Waals surface area contributed by atoms with Crippen molar-refractivity contribution in [2.45, 2.75) is 88.8 Å². The van der Waals surface area contributed by atoms with Gasteiger partial charge in [-0.1, -0.05) is 58.4 Å². The maximum atomic E-state index is 14.5. The Kier molecular flexibility index (Phi) is 11.1. The highest BCUT2D eigenvalue weighted by Gasteiger charge is 2.36. The summed E-state index contributed by atoms with van der Waals surface area (Å²) in [6, 6.07) is 3.95. The third-order valence-corrected chi connectivity index (χ3v) is 7.39. The number of halogens is 1. The van der Waals surface area contributed by atoms with Crippen LogP contribution in [0.3, 0.4) is 0 Å². The van der Waals surface area contributed by atoms with Crippen LogP contribution in [0.4, 0.5) is 4.39 Å². The molecule has 11 heteroatoms. The molecule has 1 unspecified atom stereocenters. The van der Waals surface area contributed by atoms with Gasteiger partial charge in [0.15, 0.2) is 0 Å². The van der Waals surface area contributed by atoms with Gasteiger partial charge in [-0.05, 0) is 51.4 Å². The predicted octanol–water partition coefficient (Wildman–Crippen LogP) is 4.53. The number of nitrogens with zero attached hydrogens (tertiary/aromatic N) is 3. The summed E-state index contributed by atoms with van der Waals surface area (Å²) in [5.41, 5.74) is 0.691. The molecule has 1 heterocycles. The molecule has 1 aliphatic rings. The smallest absolute Gasteiger partial charge is 0.276 e. The van der Waals surface area contributed by atoms with Gasteiger partial charge in [-0.3, -0.25) is 19.7 Å². The number of benzene rings is 1. The average Bonchev–Trinajstić information content (AvgIpc) is 3.30. The van der Waals surface area contributed by atoms with Crippen LogP contribution in [0, 0.1) is 17.7 Å². The molecule has 1 aromatic heterocycles. The van der Waals surface area contributed by atoms with E-state index in [4.69, 9.17) is 4.42 Å². The highest BCUT2D eigenvalue weighted by atomic mass is 32.2. The fourth-order valence-electron chi connectivity index (χ4n) is 4.73. The summed E-state index contributed by atoms with van der Waals surface area (Å²) < 4.78 is 20.3. The zero-order valence-corrected chi connectivity index (χ0v) is 24.4. The van der Waals surface area contributed by atoms with Gasteiger partial charge >= 0.3 is 0 Å². The van der Waals surface area contributed by atoms with E-state index in [2.05, 4.69) is 20.8 Å². The van der Waals surface area contributed by atoms with Gasteiger partial charge in [-0.2, -0.15) is 0 Å². The lowest BCUT2D eigenvalue weighted by Gasteiger charge is -2.31. The molecular formula is C28H40FN5O4S. The molecule has 2 N–H and O–H groups in total. The number of nitrogens with one attached hydrogen (secondary N) is 2. The SMILES string of the molecule is CC(C)CC(C(=O)NC(=O)[C@@H]1CCCC[C@@H]1NC(=O)c1ccc(CN(C)C)c(F)c1)c1nnc(SC(C)C)o1. The van der Waals surface area contributed by atoms with Gasteiger partial charge in [0.2, 0.25) is 17.7 Å². The Morgan fingerprint density at radius 2 is 1.85 bits per heavy atom. The molecule has 0 saturated heterocycles. The molecule has 0 aliphatic heterocycles. The maximum absolute atomic E-state index is 14.5. The molecular weight excluding hydrogens is 521 g/mol. The van der Waals surface area contributed by atoms with E-state index in [-0.39, 0.29) is 22.6 Å². The second kappa shape index (κ2) is 14.0. The molecule has 2 aromatic rings. The van der Waals surface area contributed by atoms with Crippen LogP contribution in [0.15, 0.2) is 27.8 Å². The number of hydrogen-bond donors (Lipinski definition) is 2. The fraction of sp³-hybridized carbons (Fsp3) is 0.607. The van der Waals surface area contributed by atoms with Crippen LogP contribution in [0.2, 0.25) is 0 Å². The zero-order chi connectivity index (χ0) is 28.7. The van der Waals surface area contributed by atoms with E-state index < -0.39 is 41.4 Å². The number of carbonyl (C=O) groups is 3. The first-order valence-electron chi connectivity index (χ1n) is 13.5.